The van der Waals surface area contributed by atoms with E-state index >= 15 is 0 Å². The summed E-state index contributed by atoms with van der Waals surface area (Å²) in [5.41, 5.74) is 2.10. The predicted molar refractivity (Wildman–Crippen MR) is 83.9 cm³/mol. The molecule has 0 amide bonds. The Morgan fingerprint density at radius 2 is 1.86 bits per heavy atom. The van der Waals surface area contributed by atoms with Crippen molar-refractivity contribution in [3.8, 4) is 11.5 Å². The zero-order chi connectivity index (χ0) is 15.1. The van der Waals surface area contributed by atoms with Crippen LogP contribution in [0.2, 0.25) is 0 Å². The van der Waals surface area contributed by atoms with Crippen LogP contribution in [-0.4, -0.2) is 18.8 Å². The van der Waals surface area contributed by atoms with Gasteiger partial charge in [-0.2, -0.15) is 0 Å². The van der Waals surface area contributed by atoms with Crippen molar-refractivity contribution in [2.24, 2.45) is 0 Å². The van der Waals surface area contributed by atoms with Crippen molar-refractivity contribution in [1.29, 1.82) is 0 Å². The Morgan fingerprint density at radius 1 is 1.10 bits per heavy atom. The molecule has 0 saturated heterocycles. The van der Waals surface area contributed by atoms with Gasteiger partial charge in [-0.05, 0) is 37.5 Å². The average Bonchev–Trinajstić information content (AvgIpc) is 2.52. The minimum atomic E-state index is -0.556. The van der Waals surface area contributed by atoms with Crippen LogP contribution < -0.4 is 9.47 Å². The van der Waals surface area contributed by atoms with E-state index in [9.17, 15) is 5.11 Å². The van der Waals surface area contributed by atoms with Crippen LogP contribution in [0.1, 0.15) is 30.6 Å². The summed E-state index contributed by atoms with van der Waals surface area (Å²) < 4.78 is 11.0. The fourth-order valence-electron chi connectivity index (χ4n) is 2.21. The molecule has 3 heteroatoms. The van der Waals surface area contributed by atoms with Crippen LogP contribution in [0.15, 0.2) is 48.5 Å². The number of methoxy groups -OCH3 is 1. The molecule has 1 atom stereocenters. The third kappa shape index (κ3) is 4.50. The van der Waals surface area contributed by atoms with E-state index in [2.05, 4.69) is 12.1 Å². The van der Waals surface area contributed by atoms with Crippen LogP contribution in [0, 0.1) is 0 Å². The summed E-state index contributed by atoms with van der Waals surface area (Å²) in [6.07, 6.45) is 1.36. The lowest BCUT2D eigenvalue weighted by atomic mass is 10.1. The number of ether oxygens (including phenoxy) is 2. The monoisotopic (exact) mass is 286 g/mol. The number of hydrogen-bond acceptors (Lipinski definition) is 3. The minimum absolute atomic E-state index is 0.556. The maximum Gasteiger partial charge on any atom is 0.128 e. The first-order chi connectivity index (χ1) is 10.2. The molecule has 2 aromatic rings. The number of benzene rings is 2. The van der Waals surface area contributed by atoms with Gasteiger partial charge in [0.1, 0.15) is 11.5 Å². The smallest absolute Gasteiger partial charge is 0.128 e. The highest BCUT2D eigenvalue weighted by Crippen LogP contribution is 2.29. The van der Waals surface area contributed by atoms with Crippen molar-refractivity contribution in [1.82, 2.24) is 0 Å². The third-order valence-electron chi connectivity index (χ3n) is 3.38. The Morgan fingerprint density at radius 3 is 2.52 bits per heavy atom. The molecule has 3 nitrogen and oxygen atoms in total. The Kier molecular flexibility index (Phi) is 5.64. The fourth-order valence-corrected chi connectivity index (χ4v) is 2.21. The highest BCUT2D eigenvalue weighted by molar-refractivity contribution is 5.41. The lowest BCUT2D eigenvalue weighted by Crippen LogP contribution is -2.04. The molecular formula is C18H22O3. The average molecular weight is 286 g/mol. The predicted octanol–water partition coefficient (Wildman–Crippen LogP) is 3.76. The van der Waals surface area contributed by atoms with E-state index in [0.29, 0.717) is 12.4 Å². The molecule has 0 aromatic heterocycles. The van der Waals surface area contributed by atoms with Crippen molar-refractivity contribution in [2.45, 2.75) is 25.9 Å². The summed E-state index contributed by atoms with van der Waals surface area (Å²) in [5.74, 6) is 1.43. The van der Waals surface area contributed by atoms with E-state index in [-0.39, 0.29) is 0 Å². The molecule has 0 spiro atoms. The van der Waals surface area contributed by atoms with Crippen molar-refractivity contribution in [2.75, 3.05) is 13.7 Å². The van der Waals surface area contributed by atoms with Gasteiger partial charge in [-0.25, -0.2) is 0 Å². The van der Waals surface area contributed by atoms with Gasteiger partial charge in [-0.3, -0.25) is 0 Å². The van der Waals surface area contributed by atoms with Gasteiger partial charge >= 0.3 is 0 Å². The molecular weight excluding hydrogens is 264 g/mol. The molecule has 2 aromatic carbocycles. The summed E-state index contributed by atoms with van der Waals surface area (Å²) in [5, 5.41) is 9.78. The zero-order valence-electron chi connectivity index (χ0n) is 12.6. The first kappa shape index (κ1) is 15.4. The number of hydrogen-bond donors (Lipinski definition) is 1. The van der Waals surface area contributed by atoms with Crippen LogP contribution in [0.4, 0.5) is 0 Å². The maximum atomic E-state index is 9.78. The molecule has 0 bridgehead atoms. The second-order valence-electron chi connectivity index (χ2n) is 5.02. The van der Waals surface area contributed by atoms with Gasteiger partial charge in [-0.15, -0.1) is 0 Å². The van der Waals surface area contributed by atoms with Gasteiger partial charge in [-0.1, -0.05) is 30.3 Å². The molecule has 2 rings (SSSR count). The van der Waals surface area contributed by atoms with Gasteiger partial charge < -0.3 is 14.6 Å². The van der Waals surface area contributed by atoms with Crippen molar-refractivity contribution < 1.29 is 14.6 Å². The summed E-state index contributed by atoms with van der Waals surface area (Å²) in [7, 11) is 1.62. The van der Waals surface area contributed by atoms with Crippen molar-refractivity contribution >= 4 is 0 Å². The van der Waals surface area contributed by atoms with Gasteiger partial charge in [0.05, 0.1) is 19.8 Å². The number of aryl methyl sites for hydroxylation is 1. The molecule has 21 heavy (non-hydrogen) atoms. The van der Waals surface area contributed by atoms with Gasteiger partial charge in [0.2, 0.25) is 0 Å². The maximum absolute atomic E-state index is 9.78. The number of aliphatic hydroxyl groups excluding tert-OH is 1. The Balaban J connectivity index is 1.92. The molecule has 0 saturated carbocycles. The highest BCUT2D eigenvalue weighted by atomic mass is 16.5. The van der Waals surface area contributed by atoms with E-state index in [1.54, 1.807) is 14.0 Å². The number of aliphatic hydroxyl groups is 1. The normalized spacial score (nSPS) is 12.0. The quantitative estimate of drug-likeness (QED) is 0.788. The van der Waals surface area contributed by atoms with Gasteiger partial charge in [0.15, 0.2) is 0 Å². The highest BCUT2D eigenvalue weighted by Gasteiger charge is 2.10. The Hall–Kier alpha value is -2.00. The first-order valence-electron chi connectivity index (χ1n) is 7.23. The molecule has 0 aliphatic heterocycles. The minimum Gasteiger partial charge on any atom is -0.497 e. The largest absolute Gasteiger partial charge is 0.497 e. The molecule has 112 valence electrons. The van der Waals surface area contributed by atoms with Gasteiger partial charge in [0, 0.05) is 11.6 Å². The topological polar surface area (TPSA) is 38.7 Å². The van der Waals surface area contributed by atoms with Crippen LogP contribution in [0.5, 0.6) is 11.5 Å². The fraction of sp³-hybridized carbons (Fsp3) is 0.333. The Labute approximate surface area is 126 Å². The Bertz CT molecular complexity index is 550. The van der Waals surface area contributed by atoms with Crippen molar-refractivity contribution in [3.05, 3.63) is 59.7 Å². The first-order valence-corrected chi connectivity index (χ1v) is 7.23. The SMILES string of the molecule is COc1ccc([C@@H](C)O)c(OCCCc2ccccc2)c1. The molecule has 0 aliphatic rings. The van der Waals surface area contributed by atoms with Crippen LogP contribution >= 0.6 is 0 Å². The summed E-state index contributed by atoms with van der Waals surface area (Å²) >= 11 is 0. The standard InChI is InChI=1S/C18H22O3/c1-14(19)17-11-10-16(20-2)13-18(17)21-12-6-9-15-7-4-3-5-8-15/h3-5,7-8,10-11,13-14,19H,6,9,12H2,1-2H3/t14-/m1/s1. The molecule has 0 heterocycles. The van der Waals surface area contributed by atoms with Crippen LogP contribution in [0.3, 0.4) is 0 Å². The molecule has 0 radical (unpaired) electrons. The summed E-state index contributed by atoms with van der Waals surface area (Å²) in [4.78, 5) is 0. The second-order valence-corrected chi connectivity index (χ2v) is 5.02. The van der Waals surface area contributed by atoms with Crippen LogP contribution in [-0.2, 0) is 6.42 Å². The zero-order valence-corrected chi connectivity index (χ0v) is 12.6. The second kappa shape index (κ2) is 7.70. The van der Waals surface area contributed by atoms with E-state index in [1.807, 2.05) is 36.4 Å². The summed E-state index contributed by atoms with van der Waals surface area (Å²) in [6, 6.07) is 15.8. The molecule has 0 aliphatic carbocycles. The summed E-state index contributed by atoms with van der Waals surface area (Å²) in [6.45, 7) is 2.35. The van der Waals surface area contributed by atoms with E-state index in [1.165, 1.54) is 5.56 Å². The van der Waals surface area contributed by atoms with E-state index in [4.69, 9.17) is 9.47 Å². The van der Waals surface area contributed by atoms with Crippen molar-refractivity contribution in [3.63, 3.8) is 0 Å². The van der Waals surface area contributed by atoms with Gasteiger partial charge in [0.25, 0.3) is 0 Å². The van der Waals surface area contributed by atoms with Crippen LogP contribution in [0.25, 0.3) is 0 Å². The lowest BCUT2D eigenvalue weighted by molar-refractivity contribution is 0.190. The third-order valence-corrected chi connectivity index (χ3v) is 3.38. The molecule has 0 unspecified atom stereocenters. The van der Waals surface area contributed by atoms with E-state index in [0.717, 1.165) is 24.2 Å². The molecule has 0 fully saturated rings. The van der Waals surface area contributed by atoms with E-state index < -0.39 is 6.10 Å². The lowest BCUT2D eigenvalue weighted by Gasteiger charge is -2.14. The number of rotatable bonds is 7. The molecule has 1 N–H and O–H groups in total.